The molecule has 118 valence electrons. The van der Waals surface area contributed by atoms with E-state index >= 15 is 0 Å². The summed E-state index contributed by atoms with van der Waals surface area (Å²) in [7, 11) is 0. The normalized spacial score (nSPS) is 20.5. The number of carbonyl (C=O) groups excluding carboxylic acids is 1. The summed E-state index contributed by atoms with van der Waals surface area (Å²) in [5.74, 6) is 0.0698. The maximum absolute atomic E-state index is 12.4. The molecule has 1 aromatic rings. The fourth-order valence-corrected chi connectivity index (χ4v) is 2.56. The lowest BCUT2D eigenvalue weighted by molar-refractivity contribution is -0.152. The average Bonchev–Trinajstić information content (AvgIpc) is 2.80. The highest BCUT2D eigenvalue weighted by Crippen LogP contribution is 2.22. The van der Waals surface area contributed by atoms with E-state index in [0.717, 1.165) is 5.56 Å². The van der Waals surface area contributed by atoms with Crippen LogP contribution in [0.1, 0.15) is 24.2 Å². The summed E-state index contributed by atoms with van der Waals surface area (Å²) in [5, 5.41) is 2.74. The number of alkyl halides is 3. The minimum atomic E-state index is -4.22. The first-order valence-corrected chi connectivity index (χ1v) is 6.95. The molecule has 0 bridgehead atoms. The van der Waals surface area contributed by atoms with Gasteiger partial charge in [0, 0.05) is 6.54 Å². The number of hydrogen-bond acceptors (Lipinski definition) is 3. The molecule has 7 heteroatoms. The van der Waals surface area contributed by atoms with Crippen LogP contribution in [-0.4, -0.2) is 36.6 Å². The van der Waals surface area contributed by atoms with Crippen molar-refractivity contribution >= 4 is 5.91 Å². The van der Waals surface area contributed by atoms with Gasteiger partial charge in [0.2, 0.25) is 5.91 Å². The molecule has 1 N–H and O–H groups in total. The van der Waals surface area contributed by atoms with Crippen molar-refractivity contribution < 1.29 is 22.4 Å². The van der Waals surface area contributed by atoms with Crippen LogP contribution in [0.2, 0.25) is 0 Å². The van der Waals surface area contributed by atoms with Crippen molar-refractivity contribution in [3.63, 3.8) is 0 Å². The largest absolute Gasteiger partial charge is 0.467 e. The number of halogens is 3. The molecule has 1 unspecified atom stereocenters. The van der Waals surface area contributed by atoms with Gasteiger partial charge in [-0.3, -0.25) is 9.69 Å². The molecule has 2 heterocycles. The monoisotopic (exact) mass is 304 g/mol. The maximum atomic E-state index is 12.4. The molecule has 0 aromatic carbocycles. The van der Waals surface area contributed by atoms with E-state index in [-0.39, 0.29) is 19.0 Å². The van der Waals surface area contributed by atoms with Crippen molar-refractivity contribution in [1.82, 2.24) is 10.2 Å². The number of piperidine rings is 1. The topological polar surface area (TPSA) is 45.5 Å². The summed E-state index contributed by atoms with van der Waals surface area (Å²) >= 11 is 0. The molecule has 1 aromatic heterocycles. The van der Waals surface area contributed by atoms with E-state index in [1.165, 1.54) is 4.90 Å². The van der Waals surface area contributed by atoms with Crippen LogP contribution < -0.4 is 5.32 Å². The van der Waals surface area contributed by atoms with E-state index in [1.807, 2.05) is 6.92 Å². The van der Waals surface area contributed by atoms with E-state index in [9.17, 15) is 18.0 Å². The molecule has 0 saturated carbocycles. The van der Waals surface area contributed by atoms with Crippen molar-refractivity contribution in [1.29, 1.82) is 0 Å². The van der Waals surface area contributed by atoms with Gasteiger partial charge in [0.1, 0.15) is 5.76 Å². The van der Waals surface area contributed by atoms with Crippen LogP contribution in [0.25, 0.3) is 0 Å². The second-order valence-corrected chi connectivity index (χ2v) is 5.43. The molecular formula is C14H19F3N2O2. The van der Waals surface area contributed by atoms with Gasteiger partial charge in [0.15, 0.2) is 0 Å². The number of aryl methyl sites for hydroxylation is 1. The van der Waals surface area contributed by atoms with Crippen molar-refractivity contribution in [2.75, 3.05) is 19.6 Å². The van der Waals surface area contributed by atoms with Gasteiger partial charge in [-0.25, -0.2) is 0 Å². The van der Waals surface area contributed by atoms with Crippen LogP contribution >= 0.6 is 0 Å². The smallest absolute Gasteiger partial charge is 0.401 e. The average molecular weight is 304 g/mol. The van der Waals surface area contributed by atoms with E-state index < -0.39 is 18.6 Å². The Kier molecular flexibility index (Phi) is 4.92. The molecule has 2 rings (SSSR count). The highest BCUT2D eigenvalue weighted by molar-refractivity contribution is 5.78. The molecule has 21 heavy (non-hydrogen) atoms. The van der Waals surface area contributed by atoms with Crippen LogP contribution in [0.5, 0.6) is 0 Å². The van der Waals surface area contributed by atoms with Gasteiger partial charge in [-0.2, -0.15) is 13.2 Å². The molecule has 1 fully saturated rings. The fourth-order valence-electron chi connectivity index (χ4n) is 2.56. The first kappa shape index (κ1) is 15.9. The Hall–Kier alpha value is -1.50. The van der Waals surface area contributed by atoms with Crippen molar-refractivity contribution in [2.45, 2.75) is 32.5 Å². The molecule has 1 aliphatic rings. The first-order valence-electron chi connectivity index (χ1n) is 6.95. The second kappa shape index (κ2) is 6.51. The number of nitrogens with one attached hydrogen (secondary N) is 1. The van der Waals surface area contributed by atoms with Crippen LogP contribution in [0.3, 0.4) is 0 Å². The molecule has 1 aliphatic heterocycles. The van der Waals surface area contributed by atoms with Gasteiger partial charge in [0.25, 0.3) is 0 Å². The lowest BCUT2D eigenvalue weighted by atomic mass is 9.97. The number of likely N-dealkylation sites (tertiary alicyclic amines) is 1. The summed E-state index contributed by atoms with van der Waals surface area (Å²) < 4.78 is 42.4. The zero-order valence-corrected chi connectivity index (χ0v) is 11.9. The summed E-state index contributed by atoms with van der Waals surface area (Å²) in [6, 6.07) is 1.80. The summed E-state index contributed by atoms with van der Waals surface area (Å²) in [6.45, 7) is 1.74. The first-order chi connectivity index (χ1) is 9.85. The van der Waals surface area contributed by atoms with Crippen LogP contribution in [0.4, 0.5) is 13.2 Å². The van der Waals surface area contributed by atoms with Crippen LogP contribution in [0.15, 0.2) is 16.7 Å². The minimum Gasteiger partial charge on any atom is -0.467 e. The number of hydrogen-bond donors (Lipinski definition) is 1. The highest BCUT2D eigenvalue weighted by Gasteiger charge is 2.34. The quantitative estimate of drug-likeness (QED) is 0.929. The third kappa shape index (κ3) is 4.77. The van der Waals surface area contributed by atoms with Crippen LogP contribution in [-0.2, 0) is 11.3 Å². The predicted molar refractivity (Wildman–Crippen MR) is 70.5 cm³/mol. The molecule has 0 radical (unpaired) electrons. The van der Waals surface area contributed by atoms with E-state index in [2.05, 4.69) is 5.32 Å². The summed E-state index contributed by atoms with van der Waals surface area (Å²) in [6.07, 6.45) is -1.45. The molecule has 4 nitrogen and oxygen atoms in total. The van der Waals surface area contributed by atoms with E-state index in [0.29, 0.717) is 25.1 Å². The Morgan fingerprint density at radius 1 is 1.52 bits per heavy atom. The summed E-state index contributed by atoms with van der Waals surface area (Å²) in [4.78, 5) is 13.4. The lowest BCUT2D eigenvalue weighted by Crippen LogP contribution is -2.45. The Labute approximate surface area is 121 Å². The summed E-state index contributed by atoms with van der Waals surface area (Å²) in [5.41, 5.74) is 0.942. The molecule has 1 saturated heterocycles. The third-order valence-corrected chi connectivity index (χ3v) is 3.67. The van der Waals surface area contributed by atoms with Crippen LogP contribution in [0, 0.1) is 12.8 Å². The van der Waals surface area contributed by atoms with Gasteiger partial charge < -0.3 is 9.73 Å². The van der Waals surface area contributed by atoms with E-state index in [4.69, 9.17) is 4.42 Å². The van der Waals surface area contributed by atoms with Gasteiger partial charge in [-0.1, -0.05) is 0 Å². The number of furan rings is 1. The fraction of sp³-hybridized carbons (Fsp3) is 0.643. The predicted octanol–water partition coefficient (Wildman–Crippen LogP) is 2.48. The van der Waals surface area contributed by atoms with Gasteiger partial charge in [0.05, 0.1) is 25.3 Å². The van der Waals surface area contributed by atoms with E-state index in [1.54, 1.807) is 12.3 Å². The Balaban J connectivity index is 1.83. The number of rotatable bonds is 4. The number of carbonyl (C=O) groups is 1. The van der Waals surface area contributed by atoms with Crippen molar-refractivity contribution in [3.05, 3.63) is 23.7 Å². The third-order valence-electron chi connectivity index (χ3n) is 3.67. The minimum absolute atomic E-state index is 0.155. The zero-order valence-electron chi connectivity index (χ0n) is 11.9. The van der Waals surface area contributed by atoms with Gasteiger partial charge >= 0.3 is 6.18 Å². The Bertz CT molecular complexity index is 485. The molecule has 1 amide bonds. The Morgan fingerprint density at radius 3 is 2.90 bits per heavy atom. The molecule has 0 spiro atoms. The Morgan fingerprint density at radius 2 is 2.29 bits per heavy atom. The van der Waals surface area contributed by atoms with Crippen molar-refractivity contribution in [3.8, 4) is 0 Å². The number of nitrogens with zero attached hydrogens (tertiary/aromatic N) is 1. The second-order valence-electron chi connectivity index (χ2n) is 5.43. The maximum Gasteiger partial charge on any atom is 0.401 e. The zero-order chi connectivity index (χ0) is 15.5. The molecule has 0 aliphatic carbocycles. The van der Waals surface area contributed by atoms with Crippen molar-refractivity contribution in [2.24, 2.45) is 5.92 Å². The number of amides is 1. The van der Waals surface area contributed by atoms with Gasteiger partial charge in [-0.15, -0.1) is 0 Å². The molecular weight excluding hydrogens is 285 g/mol. The molecule has 1 atom stereocenters. The lowest BCUT2D eigenvalue weighted by Gasteiger charge is -2.32. The van der Waals surface area contributed by atoms with Gasteiger partial charge in [-0.05, 0) is 37.9 Å². The highest BCUT2D eigenvalue weighted by atomic mass is 19.4. The SMILES string of the molecule is Cc1ccoc1CNC(=O)C1CCCN(CC(F)(F)F)C1. The standard InChI is InChI=1S/C14H19F3N2O2/c1-10-4-6-21-12(10)7-18-13(20)11-3-2-5-19(8-11)9-14(15,16)17/h4,6,11H,2-3,5,7-9H2,1H3,(H,18,20).